The lowest BCUT2D eigenvalue weighted by Crippen LogP contribution is -2.00. The highest BCUT2D eigenvalue weighted by molar-refractivity contribution is 6.31. The van der Waals surface area contributed by atoms with E-state index in [1.807, 2.05) is 0 Å². The van der Waals surface area contributed by atoms with Crippen LogP contribution >= 0.6 is 0 Å². The van der Waals surface area contributed by atoms with Gasteiger partial charge in [-0.25, -0.2) is 0 Å². The van der Waals surface area contributed by atoms with Crippen LogP contribution in [-0.4, -0.2) is 0 Å². The smallest absolute Gasteiger partial charge is 0.00111 e. The van der Waals surface area contributed by atoms with Gasteiger partial charge in [0.25, 0.3) is 0 Å². The van der Waals surface area contributed by atoms with Gasteiger partial charge in [-0.15, -0.1) is 0 Å². The molecule has 0 aromatic heterocycles. The predicted molar refractivity (Wildman–Crippen MR) is 177 cm³/mol. The predicted octanol–water partition coefficient (Wildman–Crippen LogP) is 11.6. The van der Waals surface area contributed by atoms with Crippen molar-refractivity contribution in [2.24, 2.45) is 0 Å². The van der Waals surface area contributed by atoms with Gasteiger partial charge < -0.3 is 0 Å². The molecule has 0 spiro atoms. The van der Waals surface area contributed by atoms with Crippen molar-refractivity contribution in [1.29, 1.82) is 0 Å². The lowest BCUT2D eigenvalue weighted by Gasteiger charge is -2.25. The average molecular weight is 521 g/mol. The molecule has 0 aliphatic heterocycles. The summed E-state index contributed by atoms with van der Waals surface area (Å²) in [4.78, 5) is 0. The van der Waals surface area contributed by atoms with E-state index >= 15 is 0 Å². The molecule has 6 aromatic carbocycles. The molecule has 0 amide bonds. The average Bonchev–Trinajstić information content (AvgIpc) is 2.86. The summed E-state index contributed by atoms with van der Waals surface area (Å²) in [7, 11) is 0. The number of rotatable bonds is 2. The van der Waals surface area contributed by atoms with Crippen molar-refractivity contribution in [3.63, 3.8) is 0 Å². The monoisotopic (exact) mass is 520 g/mol. The van der Waals surface area contributed by atoms with Crippen molar-refractivity contribution in [2.45, 2.75) is 69.2 Å². The molecule has 0 saturated carbocycles. The number of hydrogen-bond acceptors (Lipinski definition) is 0. The molecule has 0 nitrogen and oxygen atoms in total. The Morgan fingerprint density at radius 3 is 1.07 bits per heavy atom. The molecule has 0 radical (unpaired) electrons. The molecule has 0 unspecified atom stereocenters. The van der Waals surface area contributed by atoms with Gasteiger partial charge in [0, 0.05) is 0 Å². The molecule has 0 fully saturated rings. The number of aryl methyl sites for hydroxylation is 9. The molecule has 200 valence electrons. The van der Waals surface area contributed by atoms with E-state index in [1.54, 1.807) is 0 Å². The Hall–Kier alpha value is -3.90. The van der Waals surface area contributed by atoms with Gasteiger partial charge in [0.15, 0.2) is 0 Å². The third kappa shape index (κ3) is 4.05. The zero-order valence-electron chi connectivity index (χ0n) is 25.8. The first-order valence-corrected chi connectivity index (χ1v) is 14.5. The lowest BCUT2D eigenvalue weighted by atomic mass is 9.79. The van der Waals surface area contributed by atoms with Gasteiger partial charge in [0.1, 0.15) is 0 Å². The molecule has 0 saturated heterocycles. The first-order valence-electron chi connectivity index (χ1n) is 14.5. The molecule has 0 bridgehead atoms. The van der Waals surface area contributed by atoms with Crippen molar-refractivity contribution in [1.82, 2.24) is 0 Å². The lowest BCUT2D eigenvalue weighted by molar-refractivity contribution is 1.34. The van der Waals surface area contributed by atoms with Crippen molar-refractivity contribution in [3.8, 4) is 22.3 Å². The van der Waals surface area contributed by atoms with Gasteiger partial charge in [-0.05, 0) is 157 Å². The van der Waals surface area contributed by atoms with E-state index in [0.29, 0.717) is 0 Å². The molecule has 0 heteroatoms. The highest BCUT2D eigenvalue weighted by Crippen LogP contribution is 2.49. The Bertz CT molecular complexity index is 1990. The van der Waals surface area contributed by atoms with Crippen molar-refractivity contribution in [3.05, 3.63) is 116 Å². The van der Waals surface area contributed by atoms with Crippen LogP contribution in [0.15, 0.2) is 60.7 Å². The van der Waals surface area contributed by atoms with Crippen LogP contribution < -0.4 is 0 Å². The van der Waals surface area contributed by atoms with E-state index in [2.05, 4.69) is 130 Å². The van der Waals surface area contributed by atoms with E-state index in [9.17, 15) is 0 Å². The Morgan fingerprint density at radius 1 is 0.300 bits per heavy atom. The van der Waals surface area contributed by atoms with Crippen LogP contribution in [0.1, 0.15) is 55.6 Å². The van der Waals surface area contributed by atoms with E-state index in [1.165, 1.54) is 110 Å². The second-order valence-corrected chi connectivity index (χ2v) is 12.5. The number of hydrogen-bond donors (Lipinski definition) is 0. The van der Waals surface area contributed by atoms with Gasteiger partial charge in [-0.1, -0.05) is 82.9 Å². The molecule has 6 rings (SSSR count). The summed E-state index contributed by atoms with van der Waals surface area (Å²) in [5.41, 5.74) is 18.7. The number of fused-ring (bicyclic) bond motifs is 6. The minimum Gasteiger partial charge on any atom is -0.0563 e. The van der Waals surface area contributed by atoms with Crippen molar-refractivity contribution >= 4 is 32.3 Å². The third-order valence-corrected chi connectivity index (χ3v) is 9.18. The van der Waals surface area contributed by atoms with Crippen LogP contribution in [-0.2, 0) is 0 Å². The molecule has 6 aromatic rings. The minimum absolute atomic E-state index is 1.30. The fourth-order valence-corrected chi connectivity index (χ4v) is 6.99. The normalized spacial score (nSPS) is 11.8. The summed E-state index contributed by atoms with van der Waals surface area (Å²) in [5, 5.41) is 8.23. The third-order valence-electron chi connectivity index (χ3n) is 9.18. The summed E-state index contributed by atoms with van der Waals surface area (Å²) in [6.45, 7) is 22.6. The standard InChI is InChI=1S/C40H40/c1-21-11-22(2)14-31(13-21)37-29(9)30(10)38-35-19-27(7)25(5)17-33(35)34-18-26(6)28(8)20-36(34)40(38)39(37)32-15-23(3)12-24(4)16-32/h11-20H,1-10H3. The molecule has 0 aliphatic rings. The quantitative estimate of drug-likeness (QED) is 0.199. The summed E-state index contributed by atoms with van der Waals surface area (Å²) >= 11 is 0. The highest BCUT2D eigenvalue weighted by atomic mass is 14.3. The zero-order chi connectivity index (χ0) is 28.6. The maximum Gasteiger partial charge on any atom is -0.00111 e. The highest BCUT2D eigenvalue weighted by Gasteiger charge is 2.23. The van der Waals surface area contributed by atoms with E-state index < -0.39 is 0 Å². The van der Waals surface area contributed by atoms with Crippen molar-refractivity contribution in [2.75, 3.05) is 0 Å². The Balaban J connectivity index is 2.01. The summed E-state index contributed by atoms with van der Waals surface area (Å²) in [6.07, 6.45) is 0. The molecule has 40 heavy (non-hydrogen) atoms. The van der Waals surface area contributed by atoms with Gasteiger partial charge in [0.05, 0.1) is 0 Å². The topological polar surface area (TPSA) is 0 Å². The first kappa shape index (κ1) is 26.3. The molecular weight excluding hydrogens is 480 g/mol. The second-order valence-electron chi connectivity index (χ2n) is 12.5. The van der Waals surface area contributed by atoms with Gasteiger partial charge >= 0.3 is 0 Å². The SMILES string of the molecule is Cc1cc(C)cc(-c2c(C)c(C)c3c4cc(C)c(C)cc4c4cc(C)c(C)cc4c3c2-c2cc(C)cc(C)c2)c1. The maximum atomic E-state index is 2.45. The molecule has 0 N–H and O–H groups in total. The van der Waals surface area contributed by atoms with Crippen LogP contribution in [0, 0.1) is 69.2 Å². The van der Waals surface area contributed by atoms with Crippen LogP contribution in [0.2, 0.25) is 0 Å². The fourth-order valence-electron chi connectivity index (χ4n) is 6.99. The largest absolute Gasteiger partial charge is 0.0563 e. The van der Waals surface area contributed by atoms with E-state index in [-0.39, 0.29) is 0 Å². The Morgan fingerprint density at radius 2 is 0.650 bits per heavy atom. The van der Waals surface area contributed by atoms with Crippen LogP contribution in [0.5, 0.6) is 0 Å². The number of benzene rings is 6. The fraction of sp³-hybridized carbons (Fsp3) is 0.250. The molecule has 0 heterocycles. The van der Waals surface area contributed by atoms with Crippen molar-refractivity contribution < 1.29 is 0 Å². The van der Waals surface area contributed by atoms with Crippen LogP contribution in [0.3, 0.4) is 0 Å². The first-order chi connectivity index (χ1) is 18.9. The van der Waals surface area contributed by atoms with E-state index in [0.717, 1.165) is 0 Å². The van der Waals surface area contributed by atoms with Crippen LogP contribution in [0.4, 0.5) is 0 Å². The second kappa shape index (κ2) is 9.34. The minimum atomic E-state index is 1.30. The Kier molecular flexibility index (Phi) is 6.15. The zero-order valence-corrected chi connectivity index (χ0v) is 25.8. The summed E-state index contributed by atoms with van der Waals surface area (Å²) in [5.74, 6) is 0. The molecular formula is C40H40. The van der Waals surface area contributed by atoms with Gasteiger partial charge in [-0.2, -0.15) is 0 Å². The summed E-state index contributed by atoms with van der Waals surface area (Å²) < 4.78 is 0. The van der Waals surface area contributed by atoms with E-state index in [4.69, 9.17) is 0 Å². The van der Waals surface area contributed by atoms with Gasteiger partial charge in [-0.3, -0.25) is 0 Å². The maximum absolute atomic E-state index is 2.45. The molecule has 0 aliphatic carbocycles. The Labute approximate surface area is 239 Å². The summed E-state index contributed by atoms with van der Waals surface area (Å²) in [6, 6.07) is 23.8. The van der Waals surface area contributed by atoms with Crippen LogP contribution in [0.25, 0.3) is 54.6 Å². The molecule has 0 atom stereocenters. The van der Waals surface area contributed by atoms with Gasteiger partial charge in [0.2, 0.25) is 0 Å².